The van der Waals surface area contributed by atoms with Gasteiger partial charge in [0.05, 0.1) is 11.6 Å². The Bertz CT molecular complexity index is 1370. The number of phenolic OH excluding ortho intramolecular Hbond substituents is 1. The van der Waals surface area contributed by atoms with Crippen molar-refractivity contribution in [2.75, 3.05) is 40.1 Å². The third kappa shape index (κ3) is 4.18. The summed E-state index contributed by atoms with van der Waals surface area (Å²) in [6.07, 6.45) is 0.286. The molecule has 11 nitrogen and oxygen atoms in total. The number of hydrogen-bond acceptors (Lipinski definition) is 10. The molecule has 0 radical (unpaired) electrons. The number of Topliss-reactive ketones (excluding diaryl/α,β-unsaturated/α-hetero) is 2. The topological polar surface area (TPSA) is 168 Å². The van der Waals surface area contributed by atoms with E-state index in [2.05, 4.69) is 25.7 Å². The van der Waals surface area contributed by atoms with Crippen LogP contribution in [0.25, 0.3) is 5.76 Å². The lowest BCUT2D eigenvalue weighted by Gasteiger charge is -2.50. The number of likely N-dealkylation sites (N-methyl/N-ethyl adjacent to an activating group) is 1. The van der Waals surface area contributed by atoms with Crippen molar-refractivity contribution in [2.24, 2.45) is 17.6 Å². The number of aromatic hydroxyl groups is 1. The second-order valence-corrected chi connectivity index (χ2v) is 12.6. The minimum atomic E-state index is -2.65. The summed E-state index contributed by atoms with van der Waals surface area (Å²) < 4.78 is 0. The highest BCUT2D eigenvalue weighted by molar-refractivity contribution is 6.24. The number of carbonyl (C=O) groups is 3. The largest absolute Gasteiger partial charge is 0.508 e. The Labute approximate surface area is 234 Å². The van der Waals surface area contributed by atoms with Crippen LogP contribution < -0.4 is 10.6 Å². The monoisotopic (exact) mass is 556 g/mol. The summed E-state index contributed by atoms with van der Waals surface area (Å²) >= 11 is 0. The molecule has 3 aliphatic rings. The lowest BCUT2D eigenvalue weighted by molar-refractivity contribution is -0.153. The van der Waals surface area contributed by atoms with Crippen molar-refractivity contribution in [2.45, 2.75) is 57.3 Å². The summed E-state index contributed by atoms with van der Waals surface area (Å²) in [7, 11) is 8.86. The van der Waals surface area contributed by atoms with Crippen LogP contribution >= 0.6 is 0 Å². The maximum Gasteiger partial charge on any atom is 0.255 e. The second-order valence-electron chi connectivity index (χ2n) is 12.6. The van der Waals surface area contributed by atoms with E-state index in [4.69, 9.17) is 5.73 Å². The van der Waals surface area contributed by atoms with Gasteiger partial charge in [-0.1, -0.05) is 0 Å². The quantitative estimate of drug-likeness (QED) is 0.333. The highest BCUT2D eigenvalue weighted by Gasteiger charge is 2.64. The second kappa shape index (κ2) is 9.60. The van der Waals surface area contributed by atoms with Gasteiger partial charge in [-0.15, -0.1) is 0 Å². The first-order valence-electron chi connectivity index (χ1n) is 13.3. The number of nitrogens with two attached hydrogens (primary N) is 1. The highest BCUT2D eigenvalue weighted by Crippen LogP contribution is 2.54. The van der Waals surface area contributed by atoms with Gasteiger partial charge in [0, 0.05) is 43.4 Å². The van der Waals surface area contributed by atoms with E-state index >= 15 is 0 Å². The van der Waals surface area contributed by atoms with Crippen LogP contribution in [-0.2, 0) is 27.3 Å². The molecule has 0 bridgehead atoms. The van der Waals surface area contributed by atoms with Crippen LogP contribution in [-0.4, -0.2) is 100 Å². The van der Waals surface area contributed by atoms with Crippen LogP contribution in [0.5, 0.6) is 5.75 Å². The molecule has 218 valence electrons. The molecule has 0 aliphatic heterocycles. The fourth-order valence-electron chi connectivity index (χ4n) is 6.54. The van der Waals surface area contributed by atoms with Crippen molar-refractivity contribution >= 4 is 28.9 Å². The Balaban J connectivity index is 1.96. The number of ketones is 2. The average molecular weight is 557 g/mol. The van der Waals surface area contributed by atoms with Gasteiger partial charge in [-0.05, 0) is 77.9 Å². The number of fused-ring (bicyclic) bond motifs is 3. The Morgan fingerprint density at radius 1 is 1.10 bits per heavy atom. The fourth-order valence-corrected chi connectivity index (χ4v) is 6.54. The van der Waals surface area contributed by atoms with E-state index in [9.17, 15) is 34.8 Å². The van der Waals surface area contributed by atoms with Crippen LogP contribution in [0, 0.1) is 11.8 Å². The minimum absolute atomic E-state index is 0.0471. The van der Waals surface area contributed by atoms with Gasteiger partial charge in [0.1, 0.15) is 22.8 Å². The zero-order chi connectivity index (χ0) is 30.2. The van der Waals surface area contributed by atoms with Crippen LogP contribution in [0.4, 0.5) is 5.69 Å². The van der Waals surface area contributed by atoms with Gasteiger partial charge in [-0.3, -0.25) is 24.2 Å². The van der Waals surface area contributed by atoms with E-state index in [-0.39, 0.29) is 35.3 Å². The molecule has 1 saturated carbocycles. The first-order chi connectivity index (χ1) is 18.3. The smallest absolute Gasteiger partial charge is 0.255 e. The van der Waals surface area contributed by atoms with Gasteiger partial charge in [-0.25, -0.2) is 0 Å². The standard InChI is InChI=1S/C29H40N4O7/c1-28(2,3)33(8)12-14-11-17(34)19-15(21(14)31(4)5)9-13-10-16-22(32(6)7)24(36)20(27(30)39)26(38)29(16,40)25(37)18(13)23(19)35/h11,13,16,22,34-35,38,40H,9-10,12H2,1-8H3,(H2,30,39)/t13-,16-,22-,29-/m0/s1. The van der Waals surface area contributed by atoms with Crippen molar-refractivity contribution in [1.82, 2.24) is 9.80 Å². The molecule has 3 aliphatic carbocycles. The molecule has 0 saturated heterocycles. The third-order valence-electron chi connectivity index (χ3n) is 8.77. The highest BCUT2D eigenvalue weighted by atomic mass is 16.3. The number of aliphatic hydroxyl groups excluding tert-OH is 2. The van der Waals surface area contributed by atoms with E-state index in [1.165, 1.54) is 4.90 Å². The number of anilines is 1. The SMILES string of the molecule is CN(C)c1c(CN(C)C(C)(C)C)cc(O)c2c1C[C@H]1C[C@H]3[C@H](N(C)C)C(=O)C(C(N)=O)=C(O)[C@@]3(O)C(=O)C1=C2O. The van der Waals surface area contributed by atoms with Gasteiger partial charge in [0.25, 0.3) is 5.91 Å². The molecule has 4 atom stereocenters. The van der Waals surface area contributed by atoms with Gasteiger partial charge in [-0.2, -0.15) is 0 Å². The number of primary amides is 1. The van der Waals surface area contributed by atoms with Crippen LogP contribution in [0.2, 0.25) is 0 Å². The molecule has 1 aromatic rings. The summed E-state index contributed by atoms with van der Waals surface area (Å²) in [5.74, 6) is -6.60. The number of benzene rings is 1. The lowest BCUT2D eigenvalue weighted by Crippen LogP contribution is -2.65. The molecule has 40 heavy (non-hydrogen) atoms. The first kappa shape index (κ1) is 29.6. The average Bonchev–Trinajstić information content (AvgIpc) is 2.79. The molecule has 6 N–H and O–H groups in total. The Kier molecular flexibility index (Phi) is 7.10. The lowest BCUT2D eigenvalue weighted by atomic mass is 9.57. The van der Waals surface area contributed by atoms with E-state index in [1.807, 2.05) is 26.0 Å². The number of rotatable bonds is 5. The molecule has 0 unspecified atom stereocenters. The molecular weight excluding hydrogens is 516 g/mol. The fraction of sp³-hybridized carbons (Fsp3) is 0.552. The van der Waals surface area contributed by atoms with Gasteiger partial charge in [0.15, 0.2) is 11.4 Å². The molecule has 4 rings (SSSR count). The van der Waals surface area contributed by atoms with Crippen molar-refractivity contribution in [1.29, 1.82) is 0 Å². The van der Waals surface area contributed by atoms with E-state index in [0.717, 1.165) is 11.3 Å². The van der Waals surface area contributed by atoms with Gasteiger partial charge in [0.2, 0.25) is 5.78 Å². The maximum absolute atomic E-state index is 14.0. The zero-order valence-electron chi connectivity index (χ0n) is 24.4. The van der Waals surface area contributed by atoms with Crippen molar-refractivity contribution in [3.05, 3.63) is 39.7 Å². The Hall–Kier alpha value is -3.41. The number of phenols is 1. The summed E-state index contributed by atoms with van der Waals surface area (Å²) in [6.45, 7) is 6.75. The van der Waals surface area contributed by atoms with Gasteiger partial charge >= 0.3 is 0 Å². The summed E-state index contributed by atoms with van der Waals surface area (Å²) in [5.41, 5.74) is 3.94. The van der Waals surface area contributed by atoms with Gasteiger partial charge < -0.3 is 31.1 Å². The molecule has 1 aromatic carbocycles. The van der Waals surface area contributed by atoms with E-state index in [1.54, 1.807) is 20.2 Å². The molecular formula is C29H40N4O7. The number of carbonyl (C=O) groups excluding carboxylic acids is 3. The maximum atomic E-state index is 14.0. The minimum Gasteiger partial charge on any atom is -0.508 e. The van der Waals surface area contributed by atoms with Crippen LogP contribution in [0.15, 0.2) is 23.0 Å². The van der Waals surface area contributed by atoms with Crippen LogP contribution in [0.3, 0.4) is 0 Å². The molecule has 0 aromatic heterocycles. The predicted octanol–water partition coefficient (Wildman–Crippen LogP) is 1.26. The number of hydrogen-bond donors (Lipinski definition) is 5. The normalized spacial score (nSPS) is 26.7. The van der Waals surface area contributed by atoms with Crippen LogP contribution in [0.1, 0.15) is 43.9 Å². The molecule has 0 heterocycles. The van der Waals surface area contributed by atoms with E-state index in [0.29, 0.717) is 12.1 Å². The Morgan fingerprint density at radius 3 is 2.20 bits per heavy atom. The Morgan fingerprint density at radius 2 is 1.70 bits per heavy atom. The first-order valence-corrected chi connectivity index (χ1v) is 13.3. The molecule has 11 heteroatoms. The molecule has 1 fully saturated rings. The summed E-state index contributed by atoms with van der Waals surface area (Å²) in [5, 5.41) is 45.4. The predicted molar refractivity (Wildman–Crippen MR) is 150 cm³/mol. The van der Waals surface area contributed by atoms with E-state index < -0.39 is 58.0 Å². The van der Waals surface area contributed by atoms with Crippen molar-refractivity contribution in [3.8, 4) is 5.75 Å². The van der Waals surface area contributed by atoms with Crippen molar-refractivity contribution in [3.63, 3.8) is 0 Å². The number of aliphatic hydroxyl groups is 3. The van der Waals surface area contributed by atoms with Crippen molar-refractivity contribution < 1.29 is 34.8 Å². The zero-order valence-corrected chi connectivity index (χ0v) is 24.4. The number of amides is 1. The summed E-state index contributed by atoms with van der Waals surface area (Å²) in [4.78, 5) is 44.9. The summed E-state index contributed by atoms with van der Waals surface area (Å²) in [6, 6.07) is 0.452. The number of nitrogens with zero attached hydrogens (tertiary/aromatic N) is 3. The molecule has 0 spiro atoms. The molecule has 1 amide bonds. The third-order valence-corrected chi connectivity index (χ3v) is 8.77.